The molecule has 0 unspecified atom stereocenters. The first-order valence-electron chi connectivity index (χ1n) is 5.44. The van der Waals surface area contributed by atoms with E-state index in [1.807, 2.05) is 6.92 Å². The first-order valence-corrected chi connectivity index (χ1v) is 5.44. The van der Waals surface area contributed by atoms with Gasteiger partial charge in [0.25, 0.3) is 0 Å². The van der Waals surface area contributed by atoms with Crippen LogP contribution >= 0.6 is 0 Å². The summed E-state index contributed by atoms with van der Waals surface area (Å²) in [6.07, 6.45) is 0. The summed E-state index contributed by atoms with van der Waals surface area (Å²) in [5.41, 5.74) is 26.0. The van der Waals surface area contributed by atoms with Gasteiger partial charge in [-0.25, -0.2) is 0 Å². The van der Waals surface area contributed by atoms with Crippen LogP contribution in [0.3, 0.4) is 0 Å². The lowest BCUT2D eigenvalue weighted by Crippen LogP contribution is -2.08. The van der Waals surface area contributed by atoms with E-state index in [4.69, 9.17) is 28.7 Å². The maximum absolute atomic E-state index is 5.31. The van der Waals surface area contributed by atoms with Crippen molar-refractivity contribution in [1.29, 1.82) is 0 Å². The molecule has 0 aliphatic rings. The molecule has 0 saturated carbocycles. The maximum atomic E-state index is 5.31. The number of rotatable bonds is 2. The van der Waals surface area contributed by atoms with Gasteiger partial charge in [-0.2, -0.15) is 29.9 Å². The molecule has 20 heavy (non-hydrogen) atoms. The Balaban J connectivity index is 0.000000204. The minimum Gasteiger partial charge on any atom is -0.368 e. The summed E-state index contributed by atoms with van der Waals surface area (Å²) in [5.74, 6) is 0.805. The molecule has 0 aliphatic carbocycles. The molecule has 0 bridgehead atoms. The summed E-state index contributed by atoms with van der Waals surface area (Å²) in [7, 11) is 0. The number of anilines is 6. The molecule has 0 aliphatic heterocycles. The molecule has 0 aromatic carbocycles. The molecule has 11 N–H and O–H groups in total. The molecule has 2 rings (SSSR count). The highest BCUT2D eigenvalue weighted by Gasteiger charge is 1.98. The Morgan fingerprint density at radius 1 is 0.650 bits per heavy atom. The molecule has 0 fully saturated rings. The number of nitrogens with zero attached hydrogens (tertiary/aromatic N) is 6. The van der Waals surface area contributed by atoms with Crippen LogP contribution in [0.25, 0.3) is 0 Å². The van der Waals surface area contributed by atoms with E-state index in [9.17, 15) is 0 Å². The van der Waals surface area contributed by atoms with Crippen molar-refractivity contribution in [1.82, 2.24) is 29.9 Å². The third-order valence-electron chi connectivity index (χ3n) is 1.69. The lowest BCUT2D eigenvalue weighted by molar-refractivity contribution is 1.04. The van der Waals surface area contributed by atoms with E-state index in [-0.39, 0.29) is 29.7 Å². The Morgan fingerprint density at radius 3 is 1.25 bits per heavy atom. The van der Waals surface area contributed by atoms with Gasteiger partial charge in [0.05, 0.1) is 0 Å². The molecule has 2 aromatic rings. The number of aromatic nitrogens is 6. The number of nitrogens with one attached hydrogen (secondary N) is 1. The number of hydrogen-bond donors (Lipinski definition) is 6. The van der Waals surface area contributed by atoms with E-state index in [1.165, 1.54) is 0 Å². The molecule has 0 radical (unpaired) electrons. The van der Waals surface area contributed by atoms with Crippen LogP contribution in [0.2, 0.25) is 0 Å². The van der Waals surface area contributed by atoms with Gasteiger partial charge in [-0.15, -0.1) is 0 Å². The van der Waals surface area contributed by atoms with E-state index in [2.05, 4.69) is 35.2 Å². The second kappa shape index (κ2) is 6.67. The zero-order valence-corrected chi connectivity index (χ0v) is 10.8. The topological polar surface area (TPSA) is 219 Å². The number of nitrogen functional groups attached to an aromatic ring is 5. The maximum Gasteiger partial charge on any atom is 0.229 e. The van der Waals surface area contributed by atoms with Crippen molar-refractivity contribution in [2.24, 2.45) is 0 Å². The Labute approximate surface area is 114 Å². The van der Waals surface area contributed by atoms with Crippen molar-refractivity contribution in [3.05, 3.63) is 0 Å². The Kier molecular flexibility index (Phi) is 4.96. The van der Waals surface area contributed by atoms with Gasteiger partial charge in [0.15, 0.2) is 0 Å². The fourth-order valence-corrected chi connectivity index (χ4v) is 1.07. The van der Waals surface area contributed by atoms with Crippen molar-refractivity contribution < 1.29 is 0 Å². The van der Waals surface area contributed by atoms with Gasteiger partial charge in [0.1, 0.15) is 0 Å². The standard InChI is InChI=1S/C5H10N6.C3H6N6/c1-2-8-5-10-3(6)9-4(7)11-5;4-1-7-2(5)9-3(6)8-1/h2H2,1H3,(H5,6,7,8,9,10,11);(H6,4,5,6,7,8,9). The largest absolute Gasteiger partial charge is 0.368 e. The summed E-state index contributed by atoms with van der Waals surface area (Å²) >= 11 is 0. The highest BCUT2D eigenvalue weighted by atomic mass is 15.2. The summed E-state index contributed by atoms with van der Waals surface area (Å²) < 4.78 is 0. The number of nitrogens with two attached hydrogens (primary N) is 5. The summed E-state index contributed by atoms with van der Waals surface area (Å²) in [6.45, 7) is 2.65. The van der Waals surface area contributed by atoms with Crippen molar-refractivity contribution in [2.45, 2.75) is 6.92 Å². The third kappa shape index (κ3) is 4.99. The van der Waals surface area contributed by atoms with Crippen LogP contribution in [0, 0.1) is 0 Å². The third-order valence-corrected chi connectivity index (χ3v) is 1.69. The quantitative estimate of drug-likeness (QED) is 0.354. The van der Waals surface area contributed by atoms with Crippen LogP contribution < -0.4 is 34.0 Å². The van der Waals surface area contributed by atoms with E-state index in [0.29, 0.717) is 5.95 Å². The van der Waals surface area contributed by atoms with E-state index >= 15 is 0 Å². The normalized spacial score (nSPS) is 9.45. The van der Waals surface area contributed by atoms with Crippen molar-refractivity contribution in [3.8, 4) is 0 Å². The molecular formula is C8H16N12. The van der Waals surface area contributed by atoms with Crippen LogP contribution in [0.1, 0.15) is 6.92 Å². The van der Waals surface area contributed by atoms with Crippen LogP contribution in [0.4, 0.5) is 35.7 Å². The molecule has 2 heterocycles. The van der Waals surface area contributed by atoms with E-state index in [0.717, 1.165) is 6.54 Å². The second-order valence-electron chi connectivity index (χ2n) is 3.32. The highest BCUT2D eigenvalue weighted by molar-refractivity contribution is 5.36. The average Bonchev–Trinajstić information content (AvgIpc) is 2.26. The summed E-state index contributed by atoms with van der Waals surface area (Å²) in [6, 6.07) is 0. The van der Waals surface area contributed by atoms with Crippen LogP contribution in [0.5, 0.6) is 0 Å². The second-order valence-corrected chi connectivity index (χ2v) is 3.32. The first kappa shape index (κ1) is 14.9. The molecule has 0 amide bonds. The minimum absolute atomic E-state index is 0.0417. The fourth-order valence-electron chi connectivity index (χ4n) is 1.07. The Bertz CT molecular complexity index is 499. The summed E-state index contributed by atoms with van der Waals surface area (Å²) in [4.78, 5) is 21.6. The van der Waals surface area contributed by atoms with Gasteiger partial charge in [0, 0.05) is 6.54 Å². The predicted octanol–water partition coefficient (Wildman–Crippen LogP) is -1.91. The van der Waals surface area contributed by atoms with E-state index in [1.54, 1.807) is 0 Å². The van der Waals surface area contributed by atoms with Crippen LogP contribution in [-0.4, -0.2) is 36.4 Å². The lowest BCUT2D eigenvalue weighted by atomic mass is 10.7. The predicted molar refractivity (Wildman–Crippen MR) is 75.9 cm³/mol. The fraction of sp³-hybridized carbons (Fsp3) is 0.250. The zero-order chi connectivity index (χ0) is 15.1. The smallest absolute Gasteiger partial charge is 0.229 e. The molecule has 2 aromatic heterocycles. The monoisotopic (exact) mass is 280 g/mol. The van der Waals surface area contributed by atoms with Gasteiger partial charge in [-0.05, 0) is 6.92 Å². The van der Waals surface area contributed by atoms with E-state index < -0.39 is 0 Å². The molecule has 0 saturated heterocycles. The Morgan fingerprint density at radius 2 is 0.950 bits per heavy atom. The molecule has 0 atom stereocenters. The van der Waals surface area contributed by atoms with Crippen molar-refractivity contribution >= 4 is 35.7 Å². The average molecular weight is 280 g/mol. The van der Waals surface area contributed by atoms with Gasteiger partial charge in [-0.1, -0.05) is 0 Å². The van der Waals surface area contributed by atoms with Gasteiger partial charge in [-0.3, -0.25) is 0 Å². The molecule has 0 spiro atoms. The van der Waals surface area contributed by atoms with Crippen LogP contribution in [-0.2, 0) is 0 Å². The summed E-state index contributed by atoms with van der Waals surface area (Å²) in [5, 5.41) is 2.87. The Hall–Kier alpha value is -3.18. The minimum atomic E-state index is 0.0417. The van der Waals surface area contributed by atoms with Crippen LogP contribution in [0.15, 0.2) is 0 Å². The molecular weight excluding hydrogens is 264 g/mol. The first-order chi connectivity index (χ1) is 9.40. The lowest BCUT2D eigenvalue weighted by Gasteiger charge is -2.01. The molecule has 12 heteroatoms. The molecule has 12 nitrogen and oxygen atoms in total. The van der Waals surface area contributed by atoms with Crippen molar-refractivity contribution in [2.75, 3.05) is 40.5 Å². The molecule has 108 valence electrons. The van der Waals surface area contributed by atoms with Gasteiger partial charge in [0.2, 0.25) is 35.7 Å². The SMILES string of the molecule is CCNc1nc(N)nc(N)n1.Nc1nc(N)nc(N)n1. The van der Waals surface area contributed by atoms with Crippen molar-refractivity contribution in [3.63, 3.8) is 0 Å². The highest BCUT2D eigenvalue weighted by Crippen LogP contribution is 2.02. The van der Waals surface area contributed by atoms with Gasteiger partial charge >= 0.3 is 0 Å². The zero-order valence-electron chi connectivity index (χ0n) is 10.8. The van der Waals surface area contributed by atoms with Gasteiger partial charge < -0.3 is 34.0 Å². The number of hydrogen-bond acceptors (Lipinski definition) is 12.